The Kier molecular flexibility index (Phi) is 1.86. The number of benzene rings is 1. The minimum Gasteiger partial charge on any atom is -0.371 e. The lowest BCUT2D eigenvalue weighted by atomic mass is 10.2. The summed E-state index contributed by atoms with van der Waals surface area (Å²) < 4.78 is 6.94. The van der Waals surface area contributed by atoms with Crippen LogP contribution in [0.15, 0.2) is 41.2 Å². The fourth-order valence-electron chi connectivity index (χ4n) is 1.81. The maximum Gasteiger partial charge on any atom is 0.251 e. The molecule has 0 saturated carbocycles. The lowest BCUT2D eigenvalue weighted by Crippen LogP contribution is -2.21. The summed E-state index contributed by atoms with van der Waals surface area (Å²) in [5.74, 6) is 0. The minimum atomic E-state index is 0.0456. The van der Waals surface area contributed by atoms with E-state index in [-0.39, 0.29) is 11.7 Å². The predicted molar refractivity (Wildman–Crippen MR) is 57.9 cm³/mol. The van der Waals surface area contributed by atoms with Crippen LogP contribution in [-0.2, 0) is 11.3 Å². The third-order valence-corrected chi connectivity index (χ3v) is 2.69. The highest BCUT2D eigenvalue weighted by Gasteiger charge is 2.23. The van der Waals surface area contributed by atoms with E-state index in [4.69, 9.17) is 4.74 Å². The molecule has 0 radical (unpaired) electrons. The van der Waals surface area contributed by atoms with Crippen molar-refractivity contribution in [3.05, 3.63) is 46.8 Å². The topological polar surface area (TPSA) is 34.5 Å². The molecule has 0 amide bonds. The van der Waals surface area contributed by atoms with Gasteiger partial charge in [-0.1, -0.05) is 18.2 Å². The first kappa shape index (κ1) is 8.68. The van der Waals surface area contributed by atoms with Crippen molar-refractivity contribution in [2.24, 2.45) is 0 Å². The van der Waals surface area contributed by atoms with Crippen LogP contribution >= 0.6 is 0 Å². The molecule has 1 aromatic heterocycles. The van der Waals surface area contributed by atoms with Crippen LogP contribution in [0.4, 0.5) is 0 Å². The van der Waals surface area contributed by atoms with Crippen LogP contribution in [0.1, 0.15) is 0 Å². The van der Waals surface area contributed by atoms with E-state index in [1.807, 2.05) is 30.3 Å². The second-order valence-corrected chi connectivity index (χ2v) is 3.80. The van der Waals surface area contributed by atoms with Gasteiger partial charge in [0.2, 0.25) is 0 Å². The number of rotatable bonds is 2. The van der Waals surface area contributed by atoms with E-state index >= 15 is 0 Å². The van der Waals surface area contributed by atoms with E-state index in [9.17, 15) is 4.79 Å². The summed E-state index contributed by atoms with van der Waals surface area (Å²) in [5, 5.41) is 1.10. The maximum absolute atomic E-state index is 11.7. The fourth-order valence-corrected chi connectivity index (χ4v) is 1.81. The summed E-state index contributed by atoms with van der Waals surface area (Å²) in [6.45, 7) is 1.44. The molecular weight excluding hydrogens is 190 g/mol. The second-order valence-electron chi connectivity index (χ2n) is 3.80. The average molecular weight is 201 g/mol. The number of hydrogen-bond acceptors (Lipinski definition) is 2. The molecule has 0 N–H and O–H groups in total. The van der Waals surface area contributed by atoms with Gasteiger partial charge in [-0.2, -0.15) is 0 Å². The molecule has 1 fully saturated rings. The first-order valence-corrected chi connectivity index (χ1v) is 5.05. The van der Waals surface area contributed by atoms with E-state index in [0.29, 0.717) is 6.54 Å². The van der Waals surface area contributed by atoms with Crippen LogP contribution in [-0.4, -0.2) is 17.3 Å². The first-order valence-electron chi connectivity index (χ1n) is 5.05. The molecule has 0 bridgehead atoms. The summed E-state index contributed by atoms with van der Waals surface area (Å²) in [5.41, 5.74) is 1.03. The van der Waals surface area contributed by atoms with Gasteiger partial charge in [-0.15, -0.1) is 0 Å². The number of ether oxygens (including phenoxy) is 1. The molecule has 1 saturated heterocycles. The molecule has 2 heterocycles. The van der Waals surface area contributed by atoms with Crippen molar-refractivity contribution >= 4 is 10.9 Å². The number of para-hydroxylation sites is 1. The molecule has 1 aromatic carbocycles. The zero-order valence-electron chi connectivity index (χ0n) is 8.22. The monoisotopic (exact) mass is 201 g/mol. The van der Waals surface area contributed by atoms with Gasteiger partial charge in [0.25, 0.3) is 5.56 Å². The molecule has 3 heteroatoms. The summed E-state index contributed by atoms with van der Waals surface area (Å²) in [6, 6.07) is 11.4. The van der Waals surface area contributed by atoms with E-state index in [1.54, 1.807) is 10.6 Å². The molecule has 0 aliphatic carbocycles. The van der Waals surface area contributed by atoms with Gasteiger partial charge in [0.15, 0.2) is 0 Å². The molecule has 1 aliphatic heterocycles. The fraction of sp³-hybridized carbons (Fsp3) is 0.250. The van der Waals surface area contributed by atoms with E-state index in [2.05, 4.69) is 0 Å². The van der Waals surface area contributed by atoms with E-state index < -0.39 is 0 Å². The van der Waals surface area contributed by atoms with Gasteiger partial charge >= 0.3 is 0 Å². The highest BCUT2D eigenvalue weighted by atomic mass is 16.6. The Labute approximate surface area is 86.9 Å². The van der Waals surface area contributed by atoms with Gasteiger partial charge in [-0.05, 0) is 17.5 Å². The normalized spacial score (nSPS) is 19.3. The molecule has 76 valence electrons. The Morgan fingerprint density at radius 1 is 1.27 bits per heavy atom. The van der Waals surface area contributed by atoms with Crippen LogP contribution < -0.4 is 5.56 Å². The van der Waals surface area contributed by atoms with Gasteiger partial charge in [0.05, 0.1) is 24.8 Å². The van der Waals surface area contributed by atoms with E-state index in [1.165, 1.54) is 0 Å². The van der Waals surface area contributed by atoms with Crippen molar-refractivity contribution in [2.45, 2.75) is 12.6 Å². The largest absolute Gasteiger partial charge is 0.371 e. The minimum absolute atomic E-state index is 0.0456. The van der Waals surface area contributed by atoms with Crippen LogP contribution in [0, 0.1) is 0 Å². The number of aromatic nitrogens is 1. The van der Waals surface area contributed by atoms with Crippen molar-refractivity contribution < 1.29 is 4.74 Å². The average Bonchev–Trinajstić information content (AvgIpc) is 3.06. The second kappa shape index (κ2) is 3.21. The van der Waals surface area contributed by atoms with Gasteiger partial charge in [0.1, 0.15) is 0 Å². The van der Waals surface area contributed by atoms with Crippen LogP contribution in [0.2, 0.25) is 0 Å². The van der Waals surface area contributed by atoms with Gasteiger partial charge in [-0.25, -0.2) is 0 Å². The van der Waals surface area contributed by atoms with Gasteiger partial charge in [-0.3, -0.25) is 4.79 Å². The maximum atomic E-state index is 11.7. The van der Waals surface area contributed by atoms with Crippen molar-refractivity contribution in [1.82, 2.24) is 4.57 Å². The summed E-state index contributed by atoms with van der Waals surface area (Å²) in [6.07, 6.45) is 0.230. The Bertz CT molecular complexity index is 555. The molecule has 3 nitrogen and oxygen atoms in total. The lowest BCUT2D eigenvalue weighted by Gasteiger charge is -2.07. The number of nitrogens with zero attached hydrogens (tertiary/aromatic N) is 1. The molecule has 1 unspecified atom stereocenters. The molecule has 1 atom stereocenters. The number of pyridine rings is 1. The van der Waals surface area contributed by atoms with Gasteiger partial charge < -0.3 is 9.30 Å². The van der Waals surface area contributed by atoms with Crippen LogP contribution in [0.5, 0.6) is 0 Å². The smallest absolute Gasteiger partial charge is 0.251 e. The molecule has 3 rings (SSSR count). The predicted octanol–water partition coefficient (Wildman–Crippen LogP) is 1.40. The zero-order chi connectivity index (χ0) is 10.3. The molecule has 0 spiro atoms. The zero-order valence-corrected chi connectivity index (χ0v) is 8.22. The first-order chi connectivity index (χ1) is 7.34. The van der Waals surface area contributed by atoms with E-state index in [0.717, 1.165) is 17.5 Å². The highest BCUT2D eigenvalue weighted by molar-refractivity contribution is 5.78. The van der Waals surface area contributed by atoms with Crippen molar-refractivity contribution in [3.63, 3.8) is 0 Å². The van der Waals surface area contributed by atoms with Crippen molar-refractivity contribution in [2.75, 3.05) is 6.61 Å². The Morgan fingerprint density at radius 2 is 2.07 bits per heavy atom. The lowest BCUT2D eigenvalue weighted by molar-refractivity contribution is 0.383. The SMILES string of the molecule is O=c1ccc2ccccc2n1CC1CO1. The standard InChI is InChI=1S/C12H11NO2/c14-12-6-5-9-3-1-2-4-11(9)13(12)7-10-8-15-10/h1-6,10H,7-8H2. The van der Waals surface area contributed by atoms with Crippen molar-refractivity contribution in [1.29, 1.82) is 0 Å². The Morgan fingerprint density at radius 3 is 2.87 bits per heavy atom. The molecule has 15 heavy (non-hydrogen) atoms. The van der Waals surface area contributed by atoms with Crippen LogP contribution in [0.25, 0.3) is 10.9 Å². The Balaban J connectivity index is 2.22. The van der Waals surface area contributed by atoms with Crippen molar-refractivity contribution in [3.8, 4) is 0 Å². The summed E-state index contributed by atoms with van der Waals surface area (Å²) in [4.78, 5) is 11.7. The third-order valence-electron chi connectivity index (χ3n) is 2.69. The third kappa shape index (κ3) is 1.55. The number of hydrogen-bond donors (Lipinski definition) is 0. The summed E-state index contributed by atoms with van der Waals surface area (Å²) >= 11 is 0. The number of fused-ring (bicyclic) bond motifs is 1. The van der Waals surface area contributed by atoms with Crippen LogP contribution in [0.3, 0.4) is 0 Å². The highest BCUT2D eigenvalue weighted by Crippen LogP contribution is 2.15. The molecular formula is C12H11NO2. The van der Waals surface area contributed by atoms with Gasteiger partial charge in [0, 0.05) is 6.07 Å². The molecule has 2 aromatic rings. The quantitative estimate of drug-likeness (QED) is 0.688. The summed E-state index contributed by atoms with van der Waals surface area (Å²) in [7, 11) is 0. The Hall–Kier alpha value is -1.61. The molecule has 1 aliphatic rings. The number of epoxide rings is 1.